The Morgan fingerprint density at radius 1 is 0.367 bits per heavy atom. The number of carbonyl (C=O) groups excluding carboxylic acids is 10. The van der Waals surface area contributed by atoms with Crippen LogP contribution in [0.1, 0.15) is 249 Å². The average Bonchev–Trinajstić information content (AvgIpc) is 3.74. The van der Waals surface area contributed by atoms with Gasteiger partial charge in [0.05, 0.1) is 62.6 Å². The molecule has 5 fully saturated rings. The van der Waals surface area contributed by atoms with Gasteiger partial charge in [-0.3, -0.25) is 47.9 Å². The molecule has 6 unspecified atom stereocenters. The first-order valence-corrected chi connectivity index (χ1v) is 35.2. The fourth-order valence-corrected chi connectivity index (χ4v) is 11.0. The molecular weight excluding hydrogens is 1150 g/mol. The molecule has 0 saturated carbocycles. The molecule has 0 aromatic carbocycles. The monoisotopic (exact) mass is 1280 g/mol. The van der Waals surface area contributed by atoms with Gasteiger partial charge >= 0.3 is 29.8 Å². The van der Waals surface area contributed by atoms with Crippen LogP contribution >= 0.6 is 0 Å². The highest BCUT2D eigenvalue weighted by Crippen LogP contribution is 2.24. The summed E-state index contributed by atoms with van der Waals surface area (Å²) in [5.41, 5.74) is 0. The molecule has 90 heavy (non-hydrogen) atoms. The Hall–Kier alpha value is -5.30. The summed E-state index contributed by atoms with van der Waals surface area (Å²) in [7, 11) is 5.19. The van der Waals surface area contributed by atoms with Crippen molar-refractivity contribution in [3.05, 3.63) is 0 Å². The Morgan fingerprint density at radius 3 is 0.956 bits per heavy atom. The van der Waals surface area contributed by atoms with Crippen molar-refractivity contribution in [3.8, 4) is 0 Å². The normalized spacial score (nSPS) is 19.8. The Labute approximate surface area is 543 Å². The van der Waals surface area contributed by atoms with E-state index in [0.717, 1.165) is 70.8 Å². The zero-order valence-electron chi connectivity index (χ0n) is 58.4. The zero-order chi connectivity index (χ0) is 67.2. The minimum Gasteiger partial charge on any atom is -0.465 e. The molecule has 520 valence electrons. The van der Waals surface area contributed by atoms with E-state index in [9.17, 15) is 47.9 Å². The number of amides is 5. The molecule has 0 radical (unpaired) electrons. The van der Waals surface area contributed by atoms with Crippen LogP contribution < -0.4 is 0 Å². The summed E-state index contributed by atoms with van der Waals surface area (Å²) in [5.74, 6) is -1.12. The van der Waals surface area contributed by atoms with E-state index in [-0.39, 0.29) is 89.0 Å². The third-order valence-corrected chi connectivity index (χ3v) is 17.1. The molecule has 0 spiro atoms. The van der Waals surface area contributed by atoms with Crippen molar-refractivity contribution >= 4 is 59.4 Å². The third kappa shape index (κ3) is 36.1. The first kappa shape index (κ1) is 82.7. The van der Waals surface area contributed by atoms with E-state index in [2.05, 4.69) is 48.5 Å². The minimum atomic E-state index is -0.258. The number of rotatable bonds is 38. The molecule has 5 rings (SSSR count). The molecule has 0 aromatic heterocycles. The Morgan fingerprint density at radius 2 is 0.656 bits per heavy atom. The van der Waals surface area contributed by atoms with E-state index < -0.39 is 0 Å². The van der Waals surface area contributed by atoms with Crippen LogP contribution in [0.15, 0.2) is 0 Å². The lowest BCUT2D eigenvalue weighted by Gasteiger charge is -2.18. The summed E-state index contributed by atoms with van der Waals surface area (Å²) in [6.07, 6.45) is 29.7. The lowest BCUT2D eigenvalue weighted by Crippen LogP contribution is -2.30. The van der Waals surface area contributed by atoms with Crippen LogP contribution in [0.2, 0.25) is 0 Å². The predicted octanol–water partition coefficient (Wildman–Crippen LogP) is 11.6. The lowest BCUT2D eigenvalue weighted by atomic mass is 10.0. The van der Waals surface area contributed by atoms with Gasteiger partial charge in [-0.2, -0.15) is 0 Å². The second-order valence-corrected chi connectivity index (χ2v) is 25.8. The van der Waals surface area contributed by atoms with E-state index in [0.29, 0.717) is 116 Å². The van der Waals surface area contributed by atoms with Gasteiger partial charge in [0.25, 0.3) is 0 Å². The number of hydrogen-bond donors (Lipinski definition) is 0. The number of unbranched alkanes of at least 4 members (excludes halogenated alkanes) is 17. The quantitative estimate of drug-likeness (QED) is 0.0318. The van der Waals surface area contributed by atoms with Crippen LogP contribution in [0.25, 0.3) is 0 Å². The predicted molar refractivity (Wildman–Crippen MR) is 350 cm³/mol. The van der Waals surface area contributed by atoms with Crippen molar-refractivity contribution in [2.45, 2.75) is 249 Å². The molecule has 0 aliphatic carbocycles. The highest BCUT2D eigenvalue weighted by atomic mass is 16.5. The molecule has 5 saturated heterocycles. The van der Waals surface area contributed by atoms with Crippen molar-refractivity contribution in [3.63, 3.8) is 0 Å². The Kier molecular flexibility index (Phi) is 46.2. The van der Waals surface area contributed by atoms with Gasteiger partial charge < -0.3 is 48.2 Å². The number of carbonyl (C=O) groups is 10. The van der Waals surface area contributed by atoms with Crippen LogP contribution in [-0.4, -0.2) is 184 Å². The largest absolute Gasteiger partial charge is 0.465 e. The number of nitrogens with zero attached hydrogens (tertiary/aromatic N) is 5. The second kappa shape index (κ2) is 50.3. The Bertz CT molecular complexity index is 2070. The highest BCUT2D eigenvalue weighted by Gasteiger charge is 2.38. The number of esters is 5. The lowest BCUT2D eigenvalue weighted by molar-refractivity contribution is -0.150. The van der Waals surface area contributed by atoms with Gasteiger partial charge in [0.1, 0.15) is 0 Å². The summed E-state index contributed by atoms with van der Waals surface area (Å²) < 4.78 is 26.1. The zero-order valence-corrected chi connectivity index (χ0v) is 58.4. The van der Waals surface area contributed by atoms with Gasteiger partial charge in [-0.25, -0.2) is 0 Å². The van der Waals surface area contributed by atoms with E-state index in [1.165, 1.54) is 89.9 Å². The molecule has 0 N–H and O–H groups in total. The number of hydrogen-bond acceptors (Lipinski definition) is 15. The second-order valence-electron chi connectivity index (χ2n) is 25.8. The molecule has 5 aliphatic rings. The number of ether oxygens (including phenoxy) is 5. The summed E-state index contributed by atoms with van der Waals surface area (Å²) in [4.78, 5) is 124. The SMILES string of the molecule is CCCCC(CC)COC(=O)C1CC(=O)N(C)C1.CCCCCCCCCCCCOC(=O)C1CC(=O)N(C)C1.CCCCCCCCOC(=O)C1CC(=O)N(C)C1.CCCCOC(=O)C1CC(=O)N(CC(C)C)C1.CCCCOC(=O)C1CC(=O)N(CC)C1. The van der Waals surface area contributed by atoms with Crippen LogP contribution in [0.5, 0.6) is 0 Å². The van der Waals surface area contributed by atoms with Gasteiger partial charge in [-0.15, -0.1) is 0 Å². The maximum atomic E-state index is 11.8. The third-order valence-electron chi connectivity index (χ3n) is 17.1. The summed E-state index contributed by atoms with van der Waals surface area (Å²) in [6.45, 7) is 25.3. The summed E-state index contributed by atoms with van der Waals surface area (Å²) in [5, 5.41) is 0. The van der Waals surface area contributed by atoms with Crippen molar-refractivity contribution in [1.82, 2.24) is 24.5 Å². The fraction of sp³-hybridized carbons (Fsp3) is 0.857. The minimum absolute atomic E-state index is 0.0370. The van der Waals surface area contributed by atoms with Crippen LogP contribution in [0, 0.1) is 41.4 Å². The summed E-state index contributed by atoms with van der Waals surface area (Å²) >= 11 is 0. The van der Waals surface area contributed by atoms with Crippen molar-refractivity contribution in [2.75, 3.05) is 100.0 Å². The maximum Gasteiger partial charge on any atom is 0.311 e. The van der Waals surface area contributed by atoms with E-state index in [4.69, 9.17) is 23.7 Å². The van der Waals surface area contributed by atoms with Crippen molar-refractivity contribution < 1.29 is 71.6 Å². The molecule has 0 bridgehead atoms. The first-order chi connectivity index (χ1) is 43.1. The molecule has 5 aliphatic heterocycles. The Balaban J connectivity index is 0.000000565. The van der Waals surface area contributed by atoms with E-state index in [1.807, 2.05) is 13.8 Å². The van der Waals surface area contributed by atoms with Gasteiger partial charge in [0.2, 0.25) is 29.5 Å². The molecule has 0 aromatic rings. The van der Waals surface area contributed by atoms with Gasteiger partial charge in [0, 0.05) is 99.1 Å². The maximum absolute atomic E-state index is 11.8. The molecule has 20 heteroatoms. The summed E-state index contributed by atoms with van der Waals surface area (Å²) in [6, 6.07) is 0. The molecule has 5 heterocycles. The van der Waals surface area contributed by atoms with Crippen LogP contribution in [0.4, 0.5) is 0 Å². The molecule has 6 atom stereocenters. The van der Waals surface area contributed by atoms with Crippen LogP contribution in [-0.2, 0) is 71.6 Å². The van der Waals surface area contributed by atoms with E-state index in [1.54, 1.807) is 45.6 Å². The van der Waals surface area contributed by atoms with Crippen molar-refractivity contribution in [1.29, 1.82) is 0 Å². The number of likely N-dealkylation sites (tertiary alicyclic amines) is 5. The molecule has 5 amide bonds. The fourth-order valence-electron chi connectivity index (χ4n) is 11.0. The smallest absolute Gasteiger partial charge is 0.311 e. The van der Waals surface area contributed by atoms with Gasteiger partial charge in [0.15, 0.2) is 0 Å². The van der Waals surface area contributed by atoms with Crippen molar-refractivity contribution in [2.24, 2.45) is 41.4 Å². The van der Waals surface area contributed by atoms with Gasteiger partial charge in [-0.1, -0.05) is 177 Å². The molecular formula is C70H125N5O15. The molecule has 20 nitrogen and oxygen atoms in total. The van der Waals surface area contributed by atoms with Crippen LogP contribution in [0.3, 0.4) is 0 Å². The standard InChI is InChI=1S/C18H33NO3.2C14H25NO3.C13H23NO3.C11H19NO3/c1-3-4-5-6-7-8-9-10-11-12-13-22-18(21)16-14-17(20)19(2)15-16;1-4-6-7-11(5-2)10-18-14(17)12-8-13(16)15(3)9-12;1-3-4-5-6-7-8-9-18-14(17)12-10-13(16)15(2)11-12;1-4-5-6-17-13(16)11-7-12(15)14(9-11)8-10(2)3;1-3-5-6-15-11(14)9-7-10(13)12(4-2)8-9/h16H,3-15H2,1-2H3;11-12H,4-10H2,1-3H3;12H,3-11H2,1-2H3;10-11H,4-9H2,1-3H3;9H,3-8H2,1-2H3. The average molecular weight is 1280 g/mol. The first-order valence-electron chi connectivity index (χ1n) is 35.2. The topological polar surface area (TPSA) is 233 Å². The van der Waals surface area contributed by atoms with Gasteiger partial charge in [-0.05, 0) is 50.9 Å². The highest BCUT2D eigenvalue weighted by molar-refractivity contribution is 5.89. The van der Waals surface area contributed by atoms with E-state index >= 15 is 0 Å².